The van der Waals surface area contributed by atoms with E-state index in [1.54, 1.807) is 0 Å². The van der Waals surface area contributed by atoms with Gasteiger partial charge in [0.15, 0.2) is 0 Å². The van der Waals surface area contributed by atoms with Crippen LogP contribution in [0.5, 0.6) is 0 Å². The molecule has 108 valence electrons. The largest absolute Gasteiger partial charge is 0.343 e. The van der Waals surface area contributed by atoms with Crippen LogP contribution in [0, 0.1) is 17.2 Å². The third-order valence-corrected chi connectivity index (χ3v) is 3.87. The highest BCUT2D eigenvalue weighted by atomic mass is 16.2. The van der Waals surface area contributed by atoms with Crippen LogP contribution in [0.1, 0.15) is 46.0 Å². The minimum atomic E-state index is 0.143. The Labute approximate surface area is 117 Å². The zero-order valence-electron chi connectivity index (χ0n) is 12.4. The second-order valence-corrected chi connectivity index (χ2v) is 5.32. The Balaban J connectivity index is 2.48. The maximum Gasteiger partial charge on any atom is 0.226 e. The van der Waals surface area contributed by atoms with Crippen LogP contribution in [-0.2, 0) is 4.79 Å². The summed E-state index contributed by atoms with van der Waals surface area (Å²) in [6, 6.07) is 2.18. The highest BCUT2D eigenvalue weighted by Crippen LogP contribution is 2.19. The topological polar surface area (TPSA) is 47.3 Å². The van der Waals surface area contributed by atoms with E-state index < -0.39 is 0 Å². The number of hydrogen-bond donors (Lipinski definition) is 0. The number of nitrogens with zero attached hydrogens (tertiary/aromatic N) is 3. The van der Waals surface area contributed by atoms with Gasteiger partial charge >= 0.3 is 0 Å². The van der Waals surface area contributed by atoms with Crippen LogP contribution in [0.15, 0.2) is 0 Å². The fourth-order valence-corrected chi connectivity index (χ4v) is 2.70. The van der Waals surface area contributed by atoms with Gasteiger partial charge in [-0.05, 0) is 32.7 Å². The van der Waals surface area contributed by atoms with Crippen molar-refractivity contribution in [2.45, 2.75) is 46.0 Å². The Bertz CT molecular complexity index is 311. The lowest BCUT2D eigenvalue weighted by atomic mass is 9.96. The van der Waals surface area contributed by atoms with E-state index in [9.17, 15) is 4.79 Å². The van der Waals surface area contributed by atoms with Crippen LogP contribution >= 0.6 is 0 Å². The summed E-state index contributed by atoms with van der Waals surface area (Å²) < 4.78 is 0. The summed E-state index contributed by atoms with van der Waals surface area (Å²) in [6.07, 6.45) is 4.86. The monoisotopic (exact) mass is 265 g/mol. The summed E-state index contributed by atoms with van der Waals surface area (Å²) in [5, 5.41) is 8.64. The molecule has 1 unspecified atom stereocenters. The third-order valence-electron chi connectivity index (χ3n) is 3.87. The van der Waals surface area contributed by atoms with Gasteiger partial charge in [-0.3, -0.25) is 4.79 Å². The molecule has 0 aromatic rings. The lowest BCUT2D eigenvalue weighted by molar-refractivity contribution is -0.137. The number of unbranched alkanes of at least 4 members (excludes halogenated alkanes) is 1. The number of carbonyl (C=O) groups is 1. The zero-order valence-corrected chi connectivity index (χ0v) is 12.4. The van der Waals surface area contributed by atoms with E-state index >= 15 is 0 Å². The van der Waals surface area contributed by atoms with Crippen LogP contribution in [0.3, 0.4) is 0 Å². The first kappa shape index (κ1) is 16.0. The molecule has 0 aliphatic carbocycles. The number of piperidine rings is 1. The average molecular weight is 265 g/mol. The summed E-state index contributed by atoms with van der Waals surface area (Å²) in [6.45, 7) is 8.59. The Morgan fingerprint density at radius 2 is 2.26 bits per heavy atom. The number of nitriles is 1. The molecule has 4 nitrogen and oxygen atoms in total. The molecule has 0 aromatic carbocycles. The summed E-state index contributed by atoms with van der Waals surface area (Å²) in [5.74, 6) is 0.460. The van der Waals surface area contributed by atoms with Crippen LogP contribution in [0.2, 0.25) is 0 Å². The SMILES string of the molecule is CCCCN(CC)C(=O)C1CCCN(CCC#N)C1. The molecule has 1 aliphatic rings. The van der Waals surface area contributed by atoms with E-state index in [1.165, 1.54) is 0 Å². The van der Waals surface area contributed by atoms with Gasteiger partial charge in [0, 0.05) is 32.6 Å². The quantitative estimate of drug-likeness (QED) is 0.709. The van der Waals surface area contributed by atoms with Crippen LogP contribution in [0.25, 0.3) is 0 Å². The second-order valence-electron chi connectivity index (χ2n) is 5.32. The highest BCUT2D eigenvalue weighted by molar-refractivity contribution is 5.79. The van der Waals surface area contributed by atoms with E-state index in [0.717, 1.165) is 58.4 Å². The molecule has 19 heavy (non-hydrogen) atoms. The van der Waals surface area contributed by atoms with Crippen LogP contribution in [0.4, 0.5) is 0 Å². The van der Waals surface area contributed by atoms with Gasteiger partial charge in [0.1, 0.15) is 0 Å². The molecule has 1 amide bonds. The molecule has 1 aliphatic heterocycles. The van der Waals surface area contributed by atoms with Crippen molar-refractivity contribution < 1.29 is 4.79 Å². The van der Waals surface area contributed by atoms with Crippen molar-refractivity contribution in [3.63, 3.8) is 0 Å². The predicted octanol–water partition coefficient (Wildman–Crippen LogP) is 2.26. The van der Waals surface area contributed by atoms with Gasteiger partial charge in [-0.25, -0.2) is 0 Å². The molecule has 0 bridgehead atoms. The summed E-state index contributed by atoms with van der Waals surface area (Å²) in [7, 11) is 0. The molecule has 1 atom stereocenters. The maximum absolute atomic E-state index is 12.5. The Hall–Kier alpha value is -1.08. The molecular formula is C15H27N3O. The minimum absolute atomic E-state index is 0.143. The van der Waals surface area contributed by atoms with E-state index in [4.69, 9.17) is 5.26 Å². The van der Waals surface area contributed by atoms with Gasteiger partial charge in [0.05, 0.1) is 12.0 Å². The Morgan fingerprint density at radius 3 is 2.89 bits per heavy atom. The van der Waals surface area contributed by atoms with Gasteiger partial charge < -0.3 is 9.80 Å². The molecule has 0 saturated carbocycles. The molecule has 0 aromatic heterocycles. The molecule has 1 fully saturated rings. The van der Waals surface area contributed by atoms with Gasteiger partial charge in [-0.2, -0.15) is 5.26 Å². The number of likely N-dealkylation sites (tertiary alicyclic amines) is 1. The fourth-order valence-electron chi connectivity index (χ4n) is 2.70. The van der Waals surface area contributed by atoms with Crippen molar-refractivity contribution in [2.75, 3.05) is 32.7 Å². The van der Waals surface area contributed by atoms with Crippen molar-refractivity contribution in [1.82, 2.24) is 9.80 Å². The Morgan fingerprint density at radius 1 is 1.47 bits per heavy atom. The minimum Gasteiger partial charge on any atom is -0.343 e. The van der Waals surface area contributed by atoms with Gasteiger partial charge in [0.25, 0.3) is 0 Å². The molecule has 4 heteroatoms. The van der Waals surface area contributed by atoms with Crippen molar-refractivity contribution in [3.8, 4) is 6.07 Å². The summed E-state index contributed by atoms with van der Waals surface area (Å²) >= 11 is 0. The number of hydrogen-bond acceptors (Lipinski definition) is 3. The van der Waals surface area contributed by atoms with E-state index in [0.29, 0.717) is 12.3 Å². The standard InChI is InChI=1S/C15H27N3O/c1-3-5-12-18(4-2)15(19)14-8-6-10-17(13-14)11-7-9-16/h14H,3-8,10-13H2,1-2H3. The van der Waals surface area contributed by atoms with Gasteiger partial charge in [-0.15, -0.1) is 0 Å². The van der Waals surface area contributed by atoms with E-state index in [2.05, 4.69) is 24.8 Å². The first-order chi connectivity index (χ1) is 9.22. The maximum atomic E-state index is 12.5. The van der Waals surface area contributed by atoms with Crippen LogP contribution in [-0.4, -0.2) is 48.4 Å². The molecular weight excluding hydrogens is 238 g/mol. The van der Waals surface area contributed by atoms with Gasteiger partial charge in [-0.1, -0.05) is 13.3 Å². The summed E-state index contributed by atoms with van der Waals surface area (Å²) in [4.78, 5) is 16.8. The molecule has 1 rings (SSSR count). The lowest BCUT2D eigenvalue weighted by Crippen LogP contribution is -2.45. The molecule has 0 N–H and O–H groups in total. The average Bonchev–Trinajstić information content (AvgIpc) is 2.46. The third kappa shape index (κ3) is 5.20. The smallest absolute Gasteiger partial charge is 0.226 e. The Kier molecular flexibility index (Phi) is 7.50. The predicted molar refractivity (Wildman–Crippen MR) is 76.6 cm³/mol. The molecule has 1 saturated heterocycles. The number of rotatable bonds is 7. The second kappa shape index (κ2) is 8.92. The number of amides is 1. The molecule has 0 radical (unpaired) electrons. The highest BCUT2D eigenvalue weighted by Gasteiger charge is 2.28. The van der Waals surface area contributed by atoms with Crippen molar-refractivity contribution in [3.05, 3.63) is 0 Å². The van der Waals surface area contributed by atoms with E-state index in [-0.39, 0.29) is 5.92 Å². The van der Waals surface area contributed by atoms with Gasteiger partial charge in [0.2, 0.25) is 5.91 Å². The molecule has 1 heterocycles. The normalized spacial score (nSPS) is 19.9. The lowest BCUT2D eigenvalue weighted by Gasteiger charge is -2.34. The van der Waals surface area contributed by atoms with Crippen molar-refractivity contribution in [2.24, 2.45) is 5.92 Å². The fraction of sp³-hybridized carbons (Fsp3) is 0.867. The van der Waals surface area contributed by atoms with E-state index in [1.807, 2.05) is 4.90 Å². The first-order valence-electron chi connectivity index (χ1n) is 7.61. The summed E-state index contributed by atoms with van der Waals surface area (Å²) in [5.41, 5.74) is 0. The molecule has 0 spiro atoms. The van der Waals surface area contributed by atoms with Crippen molar-refractivity contribution >= 4 is 5.91 Å². The van der Waals surface area contributed by atoms with Crippen LogP contribution < -0.4 is 0 Å². The van der Waals surface area contributed by atoms with Crippen molar-refractivity contribution in [1.29, 1.82) is 5.26 Å². The first-order valence-corrected chi connectivity index (χ1v) is 7.61. The number of carbonyl (C=O) groups excluding carboxylic acids is 1. The zero-order chi connectivity index (χ0) is 14.1.